The zero-order valence-corrected chi connectivity index (χ0v) is 19.1. The van der Waals surface area contributed by atoms with Crippen molar-refractivity contribution in [3.05, 3.63) is 24.3 Å². The van der Waals surface area contributed by atoms with Gasteiger partial charge in [-0.2, -0.15) is 0 Å². The minimum absolute atomic E-state index is 0.158. The van der Waals surface area contributed by atoms with E-state index in [9.17, 15) is 0 Å². The molecule has 5 heteroatoms. The number of rotatable bonds is 8. The van der Waals surface area contributed by atoms with Crippen LogP contribution < -0.4 is 6.61 Å². The Hall–Kier alpha value is -0.390. The van der Waals surface area contributed by atoms with Crippen LogP contribution in [0.5, 0.6) is 0 Å². The summed E-state index contributed by atoms with van der Waals surface area (Å²) in [7, 11) is 0. The number of nitrogens with zero attached hydrogens (tertiary/aromatic N) is 2. The van der Waals surface area contributed by atoms with Crippen molar-refractivity contribution in [1.29, 1.82) is 0 Å². The van der Waals surface area contributed by atoms with Crippen molar-refractivity contribution in [1.82, 2.24) is 6.61 Å². The Morgan fingerprint density at radius 2 is 1.26 bits per heavy atom. The Kier molecular flexibility index (Phi) is 5.96. The summed E-state index contributed by atoms with van der Waals surface area (Å²) in [4.78, 5) is 10.2. The molecule has 0 aromatic heterocycles. The van der Waals surface area contributed by atoms with E-state index in [1.165, 1.54) is 0 Å². The number of hydrogen-bond acceptors (Lipinski definition) is 4. The van der Waals surface area contributed by atoms with Crippen LogP contribution in [-0.4, -0.2) is 31.1 Å². The van der Waals surface area contributed by atoms with Crippen LogP contribution in [0.25, 0.3) is 0 Å². The van der Waals surface area contributed by atoms with Gasteiger partial charge in [0.05, 0.1) is 0 Å². The summed E-state index contributed by atoms with van der Waals surface area (Å²) in [6.07, 6.45) is 11.2. The number of hydrogen-bond donors (Lipinski definition) is 2. The van der Waals surface area contributed by atoms with E-state index < -0.39 is 20.5 Å². The van der Waals surface area contributed by atoms with Gasteiger partial charge in [0.25, 0.3) is 0 Å². The topological polar surface area (TPSA) is 48.8 Å². The quantitative estimate of drug-likeness (QED) is 0.520. The molecule has 0 radical (unpaired) electrons. The van der Waals surface area contributed by atoms with Crippen molar-refractivity contribution in [3.8, 4) is 0 Å². The van der Waals surface area contributed by atoms with E-state index in [0.717, 1.165) is 37.4 Å². The maximum absolute atomic E-state index is 5.09. The summed E-state index contributed by atoms with van der Waals surface area (Å²) in [5.74, 6) is 0. The van der Waals surface area contributed by atoms with Gasteiger partial charge in [-0.25, -0.2) is 0 Å². The average molecular weight is 483 g/mol. The molecule has 2 atom stereocenters. The van der Waals surface area contributed by atoms with Gasteiger partial charge in [0, 0.05) is 0 Å². The monoisotopic (exact) mass is 484 g/mol. The summed E-state index contributed by atoms with van der Waals surface area (Å²) < 4.78 is 7.72. The zero-order valence-electron chi connectivity index (χ0n) is 15.5. The van der Waals surface area contributed by atoms with Crippen LogP contribution in [0.4, 0.5) is 0 Å². The van der Waals surface area contributed by atoms with Crippen molar-refractivity contribution in [3.63, 3.8) is 0 Å². The molecule has 0 amide bonds. The first-order valence-electron chi connectivity index (χ1n) is 8.84. The molecular weight excluding hydrogens is 451 g/mol. The van der Waals surface area contributed by atoms with Crippen LogP contribution >= 0.6 is 0 Å². The molecule has 128 valence electrons. The van der Waals surface area contributed by atoms with Gasteiger partial charge >= 0.3 is 147 Å². The molecule has 2 aliphatic heterocycles. The van der Waals surface area contributed by atoms with Crippen LogP contribution in [0.2, 0.25) is 0 Å². The van der Waals surface area contributed by atoms with Crippen molar-refractivity contribution < 1.29 is 20.5 Å². The molecule has 4 nitrogen and oxygen atoms in total. The van der Waals surface area contributed by atoms with Gasteiger partial charge in [-0.3, -0.25) is 0 Å². The van der Waals surface area contributed by atoms with Gasteiger partial charge in [0.2, 0.25) is 0 Å². The fourth-order valence-electron chi connectivity index (χ4n) is 3.78. The summed E-state index contributed by atoms with van der Waals surface area (Å²) >= 11 is -3.49. The third-order valence-electron chi connectivity index (χ3n) is 4.91. The Morgan fingerprint density at radius 3 is 1.52 bits per heavy atom. The molecule has 2 unspecified atom stereocenters. The predicted octanol–water partition coefficient (Wildman–Crippen LogP) is 3.46. The standard InChI is InChI=1S/2C6H8N.2C3H8N.Hf/c2*1-5-3-4-6(2)7-5;2*1-2-3-4;/h2*3-4H,1-2H3;2*4H,2-3H2,1H3;/q;;2*-1;+2. The van der Waals surface area contributed by atoms with E-state index in [1.54, 1.807) is 0 Å². The van der Waals surface area contributed by atoms with Crippen LogP contribution in [0.15, 0.2) is 34.3 Å². The second kappa shape index (κ2) is 7.24. The van der Waals surface area contributed by atoms with Crippen LogP contribution in [0.1, 0.15) is 54.4 Å². The SMILES string of the molecule is CCC[NH][Hf]([NH]CCC)([C]1(C)C=CC(C)=N1)[C]1(C)C=CC(C)=N1. The summed E-state index contributed by atoms with van der Waals surface area (Å²) in [6.45, 7) is 15.3. The maximum atomic E-state index is 5.09. The first-order chi connectivity index (χ1) is 10.8. The number of nitrogens with one attached hydrogen (secondary N) is 2. The van der Waals surface area contributed by atoms with Crippen LogP contribution in [0.3, 0.4) is 0 Å². The van der Waals surface area contributed by atoms with Gasteiger partial charge in [-0.15, -0.1) is 0 Å². The summed E-state index contributed by atoms with van der Waals surface area (Å²) in [5.41, 5.74) is 2.25. The van der Waals surface area contributed by atoms with Crippen molar-refractivity contribution in [2.45, 2.75) is 61.0 Å². The molecule has 0 saturated carbocycles. The van der Waals surface area contributed by atoms with Gasteiger partial charge in [0.1, 0.15) is 0 Å². The molecule has 0 aliphatic carbocycles. The van der Waals surface area contributed by atoms with E-state index in [1.807, 2.05) is 0 Å². The minimum atomic E-state index is -3.49. The summed E-state index contributed by atoms with van der Waals surface area (Å²) in [6, 6.07) is 0. The van der Waals surface area contributed by atoms with Gasteiger partial charge in [-0.05, 0) is 0 Å². The number of aliphatic imine (C=N–C) groups is 2. The molecule has 0 aromatic carbocycles. The molecule has 2 rings (SSSR count). The first-order valence-corrected chi connectivity index (χ1v) is 16.0. The summed E-state index contributed by atoms with van der Waals surface area (Å²) in [5, 5.41) is 0. The fourth-order valence-corrected chi connectivity index (χ4v) is 22.4. The van der Waals surface area contributed by atoms with Gasteiger partial charge in [0.15, 0.2) is 0 Å². The van der Waals surface area contributed by atoms with Crippen molar-refractivity contribution in [2.24, 2.45) is 9.98 Å². The normalized spacial score (nSPS) is 30.0. The molecule has 2 N–H and O–H groups in total. The molecular formula is C18H32HfN4. The zero-order chi connectivity index (χ0) is 17.1. The van der Waals surface area contributed by atoms with E-state index in [2.05, 4.69) is 72.5 Å². The molecule has 0 aromatic rings. The average Bonchev–Trinajstić information content (AvgIpc) is 3.03. The molecule has 0 saturated heterocycles. The first kappa shape index (κ1) is 18.9. The number of allylic oxidation sites excluding steroid dienone is 2. The third kappa shape index (κ3) is 3.38. The predicted molar refractivity (Wildman–Crippen MR) is 97.9 cm³/mol. The van der Waals surface area contributed by atoms with Crippen LogP contribution in [0, 0.1) is 0 Å². The Balaban J connectivity index is 2.56. The van der Waals surface area contributed by atoms with E-state index in [4.69, 9.17) is 9.98 Å². The molecule has 2 aliphatic rings. The van der Waals surface area contributed by atoms with Crippen molar-refractivity contribution in [2.75, 3.05) is 13.1 Å². The van der Waals surface area contributed by atoms with Gasteiger partial charge < -0.3 is 0 Å². The van der Waals surface area contributed by atoms with E-state index >= 15 is 0 Å². The molecule has 2 heterocycles. The molecule has 0 fully saturated rings. The van der Waals surface area contributed by atoms with E-state index in [-0.39, 0.29) is 6.59 Å². The Bertz CT molecular complexity index is 513. The molecule has 23 heavy (non-hydrogen) atoms. The van der Waals surface area contributed by atoms with Crippen molar-refractivity contribution >= 4 is 11.4 Å². The second-order valence-electron chi connectivity index (χ2n) is 7.07. The molecule has 0 spiro atoms. The second-order valence-corrected chi connectivity index (χ2v) is 22.3. The van der Waals surface area contributed by atoms with Crippen LogP contribution in [-0.2, 0) is 20.5 Å². The Morgan fingerprint density at radius 1 is 0.870 bits per heavy atom. The Labute approximate surface area is 146 Å². The molecule has 0 bridgehead atoms. The van der Waals surface area contributed by atoms with Gasteiger partial charge in [-0.1, -0.05) is 0 Å². The third-order valence-corrected chi connectivity index (χ3v) is 23.4. The fraction of sp³-hybridized carbons (Fsp3) is 0.667. The van der Waals surface area contributed by atoms with E-state index in [0.29, 0.717) is 0 Å².